The summed E-state index contributed by atoms with van der Waals surface area (Å²) in [6.07, 6.45) is 1.02. The minimum absolute atomic E-state index is 0.0692. The highest BCUT2D eigenvalue weighted by Crippen LogP contribution is 2.27. The van der Waals surface area contributed by atoms with E-state index in [4.69, 9.17) is 11.6 Å². The van der Waals surface area contributed by atoms with E-state index >= 15 is 0 Å². The molecule has 2 amide bonds. The molecule has 2 aromatic rings. The third kappa shape index (κ3) is 4.35. The summed E-state index contributed by atoms with van der Waals surface area (Å²) in [5.41, 5.74) is 0.750. The molecule has 0 aliphatic carbocycles. The van der Waals surface area contributed by atoms with E-state index in [1.165, 1.54) is 11.3 Å². The van der Waals surface area contributed by atoms with E-state index in [-0.39, 0.29) is 18.2 Å². The molecule has 1 aromatic carbocycles. The maximum absolute atomic E-state index is 12.5. The zero-order chi connectivity index (χ0) is 18.0. The average Bonchev–Trinajstić information content (AvgIpc) is 3.14. The molecule has 1 saturated heterocycles. The first-order chi connectivity index (χ1) is 11.9. The number of carbonyl (C=O) groups is 2. The molecule has 8 heteroatoms. The quantitative estimate of drug-likeness (QED) is 0.865. The standard InChI is InChI=1S/C17H19ClN4O2S/c1-10(2)7-14-20-21-17(25-14)19-16(24)11-8-15(23)22(9-11)13-5-3-12(18)4-6-13/h3-6,10-11H,7-9H2,1-2H3,(H,19,21,24)/t11-/m0/s1. The van der Waals surface area contributed by atoms with Crippen molar-refractivity contribution in [3.63, 3.8) is 0 Å². The van der Waals surface area contributed by atoms with Gasteiger partial charge in [0.25, 0.3) is 0 Å². The predicted octanol–water partition coefficient (Wildman–Crippen LogP) is 3.38. The fourth-order valence-corrected chi connectivity index (χ4v) is 3.78. The molecule has 0 spiro atoms. The molecule has 0 unspecified atom stereocenters. The largest absolute Gasteiger partial charge is 0.312 e. The van der Waals surface area contributed by atoms with Gasteiger partial charge in [0.15, 0.2) is 0 Å². The highest BCUT2D eigenvalue weighted by molar-refractivity contribution is 7.15. The van der Waals surface area contributed by atoms with Crippen molar-refractivity contribution in [2.45, 2.75) is 26.7 Å². The minimum atomic E-state index is -0.402. The number of aromatic nitrogens is 2. The summed E-state index contributed by atoms with van der Waals surface area (Å²) in [6.45, 7) is 4.56. The molecule has 0 bridgehead atoms. The van der Waals surface area contributed by atoms with E-state index in [2.05, 4.69) is 29.4 Å². The van der Waals surface area contributed by atoms with Crippen LogP contribution in [-0.2, 0) is 16.0 Å². The fraction of sp³-hybridized carbons (Fsp3) is 0.412. The van der Waals surface area contributed by atoms with Crippen LogP contribution in [0.1, 0.15) is 25.3 Å². The topological polar surface area (TPSA) is 75.2 Å². The molecule has 25 heavy (non-hydrogen) atoms. The van der Waals surface area contributed by atoms with Gasteiger partial charge in [0.05, 0.1) is 5.92 Å². The van der Waals surface area contributed by atoms with Crippen molar-refractivity contribution in [3.8, 4) is 0 Å². The van der Waals surface area contributed by atoms with Gasteiger partial charge >= 0.3 is 0 Å². The van der Waals surface area contributed by atoms with Crippen LogP contribution in [-0.4, -0.2) is 28.6 Å². The van der Waals surface area contributed by atoms with Crippen LogP contribution in [0.2, 0.25) is 5.02 Å². The summed E-state index contributed by atoms with van der Waals surface area (Å²) < 4.78 is 0. The highest BCUT2D eigenvalue weighted by atomic mass is 35.5. The van der Waals surface area contributed by atoms with E-state index in [0.717, 1.165) is 17.1 Å². The summed E-state index contributed by atoms with van der Waals surface area (Å²) in [4.78, 5) is 26.3. The van der Waals surface area contributed by atoms with Crippen molar-refractivity contribution in [1.82, 2.24) is 10.2 Å². The van der Waals surface area contributed by atoms with Gasteiger partial charge in [0.2, 0.25) is 16.9 Å². The third-order valence-corrected chi connectivity index (χ3v) is 5.03. The van der Waals surface area contributed by atoms with Crippen molar-refractivity contribution < 1.29 is 9.59 Å². The number of benzene rings is 1. The number of nitrogens with zero attached hydrogens (tertiary/aromatic N) is 3. The van der Waals surface area contributed by atoms with Crippen LogP contribution in [0, 0.1) is 11.8 Å². The molecule has 132 valence electrons. The lowest BCUT2D eigenvalue weighted by Crippen LogP contribution is -2.28. The van der Waals surface area contributed by atoms with Crippen LogP contribution < -0.4 is 10.2 Å². The molecular weight excluding hydrogens is 360 g/mol. The summed E-state index contributed by atoms with van der Waals surface area (Å²) in [5.74, 6) is -0.185. The molecule has 1 aliphatic rings. The van der Waals surface area contributed by atoms with Crippen molar-refractivity contribution >= 4 is 45.6 Å². The van der Waals surface area contributed by atoms with Crippen LogP contribution in [0.4, 0.5) is 10.8 Å². The average molecular weight is 379 g/mol. The van der Waals surface area contributed by atoms with E-state index in [1.807, 2.05) is 0 Å². The second-order valence-corrected chi connectivity index (χ2v) is 7.97. The van der Waals surface area contributed by atoms with Crippen molar-refractivity contribution in [2.24, 2.45) is 11.8 Å². The lowest BCUT2D eigenvalue weighted by atomic mass is 10.1. The van der Waals surface area contributed by atoms with Crippen LogP contribution in [0.5, 0.6) is 0 Å². The Morgan fingerprint density at radius 1 is 1.36 bits per heavy atom. The van der Waals surface area contributed by atoms with Gasteiger partial charge in [0.1, 0.15) is 5.01 Å². The van der Waals surface area contributed by atoms with Gasteiger partial charge in [-0.05, 0) is 30.2 Å². The van der Waals surface area contributed by atoms with Gasteiger partial charge in [-0.3, -0.25) is 9.59 Å². The number of carbonyl (C=O) groups excluding carboxylic acids is 2. The van der Waals surface area contributed by atoms with Gasteiger partial charge < -0.3 is 10.2 Å². The minimum Gasteiger partial charge on any atom is -0.312 e. The molecule has 1 aliphatic heterocycles. The van der Waals surface area contributed by atoms with E-state index in [0.29, 0.717) is 22.6 Å². The number of anilines is 2. The highest BCUT2D eigenvalue weighted by Gasteiger charge is 2.35. The Morgan fingerprint density at radius 2 is 2.08 bits per heavy atom. The van der Waals surface area contributed by atoms with E-state index in [1.54, 1.807) is 29.2 Å². The monoisotopic (exact) mass is 378 g/mol. The number of nitrogens with one attached hydrogen (secondary N) is 1. The summed E-state index contributed by atoms with van der Waals surface area (Å²) in [5, 5.41) is 12.9. The van der Waals surface area contributed by atoms with Gasteiger partial charge in [0, 0.05) is 30.1 Å². The normalized spacial score (nSPS) is 17.4. The van der Waals surface area contributed by atoms with Crippen molar-refractivity contribution in [1.29, 1.82) is 0 Å². The second-order valence-electron chi connectivity index (χ2n) is 6.47. The Morgan fingerprint density at radius 3 is 2.76 bits per heavy atom. The molecule has 3 rings (SSSR count). The first-order valence-corrected chi connectivity index (χ1v) is 9.31. The maximum atomic E-state index is 12.5. The summed E-state index contributed by atoms with van der Waals surface area (Å²) >= 11 is 7.26. The number of rotatable bonds is 5. The lowest BCUT2D eigenvalue weighted by Gasteiger charge is -2.16. The molecule has 0 radical (unpaired) electrons. The Balaban J connectivity index is 1.62. The van der Waals surface area contributed by atoms with Crippen LogP contribution in [0.3, 0.4) is 0 Å². The van der Waals surface area contributed by atoms with Gasteiger partial charge in [-0.1, -0.05) is 36.8 Å². The summed E-state index contributed by atoms with van der Waals surface area (Å²) in [6, 6.07) is 7.02. The Labute approximate surface area is 155 Å². The summed E-state index contributed by atoms with van der Waals surface area (Å²) in [7, 11) is 0. The molecule has 1 atom stereocenters. The predicted molar refractivity (Wildman–Crippen MR) is 99.0 cm³/mol. The number of hydrogen-bond acceptors (Lipinski definition) is 5. The van der Waals surface area contributed by atoms with E-state index < -0.39 is 5.92 Å². The Hall–Kier alpha value is -1.99. The van der Waals surface area contributed by atoms with Crippen molar-refractivity contribution in [3.05, 3.63) is 34.3 Å². The second kappa shape index (κ2) is 7.49. The number of amides is 2. The molecular formula is C17H19ClN4O2S. The lowest BCUT2D eigenvalue weighted by molar-refractivity contribution is -0.122. The van der Waals surface area contributed by atoms with Crippen LogP contribution in [0.15, 0.2) is 24.3 Å². The van der Waals surface area contributed by atoms with Crippen LogP contribution in [0.25, 0.3) is 0 Å². The fourth-order valence-electron chi connectivity index (χ4n) is 2.70. The number of halogens is 1. The molecule has 1 aromatic heterocycles. The smallest absolute Gasteiger partial charge is 0.231 e. The third-order valence-electron chi connectivity index (χ3n) is 3.91. The van der Waals surface area contributed by atoms with Crippen LogP contribution >= 0.6 is 22.9 Å². The SMILES string of the molecule is CC(C)Cc1nnc(NC(=O)[C@H]2CC(=O)N(c3ccc(Cl)cc3)C2)s1. The first-order valence-electron chi connectivity index (χ1n) is 8.11. The molecule has 0 saturated carbocycles. The van der Waals surface area contributed by atoms with Gasteiger partial charge in [-0.15, -0.1) is 10.2 Å². The zero-order valence-corrected chi connectivity index (χ0v) is 15.6. The Kier molecular flexibility index (Phi) is 5.34. The molecule has 1 N–H and O–H groups in total. The van der Waals surface area contributed by atoms with Crippen molar-refractivity contribution in [2.75, 3.05) is 16.8 Å². The molecule has 1 fully saturated rings. The number of hydrogen-bond donors (Lipinski definition) is 1. The Bertz CT molecular complexity index is 775. The zero-order valence-electron chi connectivity index (χ0n) is 14.0. The molecule has 2 heterocycles. The first kappa shape index (κ1) is 17.8. The maximum Gasteiger partial charge on any atom is 0.231 e. The van der Waals surface area contributed by atoms with Gasteiger partial charge in [-0.25, -0.2) is 0 Å². The van der Waals surface area contributed by atoms with Gasteiger partial charge in [-0.2, -0.15) is 0 Å². The molecule has 6 nitrogen and oxygen atoms in total. The van der Waals surface area contributed by atoms with E-state index in [9.17, 15) is 9.59 Å².